The number of carbonyl (C=O) groups is 1. The first-order valence-corrected chi connectivity index (χ1v) is 7.00. The lowest BCUT2D eigenvalue weighted by molar-refractivity contribution is 0.0766. The van der Waals surface area contributed by atoms with Gasteiger partial charge in [0.15, 0.2) is 0 Å². The average Bonchev–Trinajstić information content (AvgIpc) is 3.03. The first kappa shape index (κ1) is 14.2. The van der Waals surface area contributed by atoms with Crippen LogP contribution in [0.2, 0.25) is 0 Å². The zero-order chi connectivity index (χ0) is 15.4. The maximum atomic E-state index is 12.5. The van der Waals surface area contributed by atoms with Gasteiger partial charge in [0, 0.05) is 31.4 Å². The van der Waals surface area contributed by atoms with Crippen molar-refractivity contribution in [3.05, 3.63) is 42.2 Å². The predicted molar refractivity (Wildman–Crippen MR) is 77.8 cm³/mol. The second kappa shape index (κ2) is 6.38. The van der Waals surface area contributed by atoms with E-state index in [1.807, 2.05) is 0 Å². The smallest absolute Gasteiger partial charge is 0.259 e. The molecule has 0 aliphatic carbocycles. The number of pyridine rings is 1. The molecule has 1 atom stereocenters. The van der Waals surface area contributed by atoms with Crippen molar-refractivity contribution in [2.75, 3.05) is 20.2 Å². The number of nitrogens with zero attached hydrogens (tertiary/aromatic N) is 4. The third kappa shape index (κ3) is 2.98. The van der Waals surface area contributed by atoms with E-state index in [9.17, 15) is 4.79 Å². The summed E-state index contributed by atoms with van der Waals surface area (Å²) in [6.07, 6.45) is 3.86. The molecule has 114 valence electrons. The highest BCUT2D eigenvalue weighted by Crippen LogP contribution is 2.21. The number of rotatable bonds is 4. The van der Waals surface area contributed by atoms with Gasteiger partial charge in [0.05, 0.1) is 13.7 Å². The van der Waals surface area contributed by atoms with E-state index in [1.54, 1.807) is 41.6 Å². The van der Waals surface area contributed by atoms with Crippen LogP contribution in [0.15, 0.2) is 36.7 Å². The van der Waals surface area contributed by atoms with Gasteiger partial charge in [-0.1, -0.05) is 0 Å². The van der Waals surface area contributed by atoms with E-state index in [1.165, 1.54) is 7.11 Å². The zero-order valence-corrected chi connectivity index (χ0v) is 12.2. The monoisotopic (exact) mass is 300 g/mol. The first-order valence-electron chi connectivity index (χ1n) is 7.00. The SMILES string of the molecule is COc1ncccc1C(=O)N1CCC(Oc2cccnn2)C1. The van der Waals surface area contributed by atoms with Crippen LogP contribution in [0.3, 0.4) is 0 Å². The van der Waals surface area contributed by atoms with Gasteiger partial charge in [-0.05, 0) is 18.2 Å². The molecule has 7 nitrogen and oxygen atoms in total. The molecule has 1 aliphatic heterocycles. The maximum Gasteiger partial charge on any atom is 0.259 e. The molecular weight excluding hydrogens is 284 g/mol. The molecule has 1 fully saturated rings. The van der Waals surface area contributed by atoms with Crippen molar-refractivity contribution in [2.24, 2.45) is 0 Å². The van der Waals surface area contributed by atoms with Gasteiger partial charge < -0.3 is 14.4 Å². The number of hydrogen-bond acceptors (Lipinski definition) is 6. The second-order valence-corrected chi connectivity index (χ2v) is 4.90. The van der Waals surface area contributed by atoms with E-state index in [4.69, 9.17) is 9.47 Å². The van der Waals surface area contributed by atoms with Gasteiger partial charge in [-0.25, -0.2) is 4.98 Å². The first-order chi connectivity index (χ1) is 10.8. The van der Waals surface area contributed by atoms with Crippen LogP contribution in [-0.4, -0.2) is 52.3 Å². The van der Waals surface area contributed by atoms with Crippen LogP contribution in [0.5, 0.6) is 11.8 Å². The van der Waals surface area contributed by atoms with Gasteiger partial charge in [-0.15, -0.1) is 5.10 Å². The molecule has 2 aromatic rings. The molecule has 1 aliphatic rings. The quantitative estimate of drug-likeness (QED) is 0.843. The summed E-state index contributed by atoms with van der Waals surface area (Å²) >= 11 is 0. The van der Waals surface area contributed by atoms with E-state index >= 15 is 0 Å². The Labute approximate surface area is 127 Å². The second-order valence-electron chi connectivity index (χ2n) is 4.90. The zero-order valence-electron chi connectivity index (χ0n) is 12.2. The van der Waals surface area contributed by atoms with Gasteiger partial charge >= 0.3 is 0 Å². The van der Waals surface area contributed by atoms with Crippen LogP contribution >= 0.6 is 0 Å². The number of aromatic nitrogens is 3. The van der Waals surface area contributed by atoms with Gasteiger partial charge in [0.1, 0.15) is 11.7 Å². The Balaban J connectivity index is 1.66. The minimum absolute atomic E-state index is 0.0803. The fourth-order valence-electron chi connectivity index (χ4n) is 2.42. The predicted octanol–water partition coefficient (Wildman–Crippen LogP) is 1.17. The lowest BCUT2D eigenvalue weighted by Crippen LogP contribution is -2.31. The summed E-state index contributed by atoms with van der Waals surface area (Å²) in [5.41, 5.74) is 0.463. The Bertz CT molecular complexity index is 650. The third-order valence-corrected chi connectivity index (χ3v) is 3.46. The Morgan fingerprint density at radius 2 is 2.18 bits per heavy atom. The maximum absolute atomic E-state index is 12.5. The molecule has 22 heavy (non-hydrogen) atoms. The third-order valence-electron chi connectivity index (χ3n) is 3.46. The Morgan fingerprint density at radius 3 is 2.95 bits per heavy atom. The van der Waals surface area contributed by atoms with Crippen molar-refractivity contribution in [3.8, 4) is 11.8 Å². The number of likely N-dealkylation sites (tertiary alicyclic amines) is 1. The van der Waals surface area contributed by atoms with E-state index < -0.39 is 0 Å². The van der Waals surface area contributed by atoms with Crippen LogP contribution in [0.25, 0.3) is 0 Å². The fraction of sp³-hybridized carbons (Fsp3) is 0.333. The lowest BCUT2D eigenvalue weighted by atomic mass is 10.2. The summed E-state index contributed by atoms with van der Waals surface area (Å²) < 4.78 is 10.9. The molecule has 1 amide bonds. The molecule has 0 saturated carbocycles. The summed E-state index contributed by atoms with van der Waals surface area (Å²) in [5.74, 6) is 0.710. The van der Waals surface area contributed by atoms with Gasteiger partial charge in [-0.3, -0.25) is 4.79 Å². The summed E-state index contributed by atoms with van der Waals surface area (Å²) in [5, 5.41) is 7.66. The van der Waals surface area contributed by atoms with Crippen LogP contribution in [0.1, 0.15) is 16.8 Å². The van der Waals surface area contributed by atoms with Crippen LogP contribution < -0.4 is 9.47 Å². The Morgan fingerprint density at radius 1 is 1.32 bits per heavy atom. The Kier molecular flexibility index (Phi) is 4.13. The highest BCUT2D eigenvalue weighted by atomic mass is 16.5. The van der Waals surface area contributed by atoms with Crippen molar-refractivity contribution in [2.45, 2.75) is 12.5 Å². The molecule has 1 unspecified atom stereocenters. The van der Waals surface area contributed by atoms with E-state index in [0.29, 0.717) is 30.4 Å². The normalized spacial score (nSPS) is 17.3. The molecule has 0 radical (unpaired) electrons. The number of hydrogen-bond donors (Lipinski definition) is 0. The molecular formula is C15H16N4O3. The molecule has 3 heterocycles. The number of carbonyl (C=O) groups excluding carboxylic acids is 1. The van der Waals surface area contributed by atoms with E-state index in [-0.39, 0.29) is 12.0 Å². The van der Waals surface area contributed by atoms with E-state index in [0.717, 1.165) is 6.42 Å². The molecule has 3 rings (SSSR count). The van der Waals surface area contributed by atoms with Crippen molar-refractivity contribution in [3.63, 3.8) is 0 Å². The average molecular weight is 300 g/mol. The van der Waals surface area contributed by atoms with Crippen molar-refractivity contribution in [1.82, 2.24) is 20.1 Å². The molecule has 7 heteroatoms. The molecule has 2 aromatic heterocycles. The van der Waals surface area contributed by atoms with Crippen molar-refractivity contribution >= 4 is 5.91 Å². The molecule has 0 aromatic carbocycles. The molecule has 0 bridgehead atoms. The molecule has 0 spiro atoms. The number of methoxy groups -OCH3 is 1. The van der Waals surface area contributed by atoms with Gasteiger partial charge in [0.2, 0.25) is 11.8 Å². The lowest BCUT2D eigenvalue weighted by Gasteiger charge is -2.17. The number of ether oxygens (including phenoxy) is 2. The molecule has 0 N–H and O–H groups in total. The highest BCUT2D eigenvalue weighted by Gasteiger charge is 2.30. The minimum Gasteiger partial charge on any atom is -0.480 e. The fourth-order valence-corrected chi connectivity index (χ4v) is 2.42. The minimum atomic E-state index is -0.102. The van der Waals surface area contributed by atoms with Gasteiger partial charge in [0.25, 0.3) is 5.91 Å². The summed E-state index contributed by atoms with van der Waals surface area (Å²) in [6.45, 7) is 1.13. The summed E-state index contributed by atoms with van der Waals surface area (Å²) in [6, 6.07) is 6.95. The Hall–Kier alpha value is -2.70. The van der Waals surface area contributed by atoms with Crippen LogP contribution in [0.4, 0.5) is 0 Å². The molecule has 1 saturated heterocycles. The standard InChI is InChI=1S/C15H16N4O3/c1-21-14-12(4-2-7-16-14)15(20)19-9-6-11(10-19)22-13-5-3-8-17-18-13/h2-5,7-8,11H,6,9-10H2,1H3. The number of amides is 1. The van der Waals surface area contributed by atoms with Crippen LogP contribution in [-0.2, 0) is 0 Å². The van der Waals surface area contributed by atoms with Gasteiger partial charge in [-0.2, -0.15) is 5.10 Å². The van der Waals surface area contributed by atoms with Crippen molar-refractivity contribution in [1.29, 1.82) is 0 Å². The highest BCUT2D eigenvalue weighted by molar-refractivity contribution is 5.96. The topological polar surface area (TPSA) is 77.4 Å². The van der Waals surface area contributed by atoms with Crippen molar-refractivity contribution < 1.29 is 14.3 Å². The summed E-state index contributed by atoms with van der Waals surface area (Å²) in [4.78, 5) is 18.3. The summed E-state index contributed by atoms with van der Waals surface area (Å²) in [7, 11) is 1.50. The van der Waals surface area contributed by atoms with Crippen LogP contribution in [0, 0.1) is 0 Å². The van der Waals surface area contributed by atoms with E-state index in [2.05, 4.69) is 15.2 Å². The largest absolute Gasteiger partial charge is 0.480 e.